The molecule has 0 spiro atoms. The summed E-state index contributed by atoms with van der Waals surface area (Å²) in [5.74, 6) is 0.579. The molecule has 0 aliphatic carbocycles. The minimum Gasteiger partial charge on any atom is -0.461 e. The molecule has 1 amide bonds. The van der Waals surface area contributed by atoms with Crippen LogP contribution in [0.3, 0.4) is 0 Å². The summed E-state index contributed by atoms with van der Waals surface area (Å²) in [6.45, 7) is 2.80. The Morgan fingerprint density at radius 1 is 1.40 bits per heavy atom. The molecule has 1 aliphatic heterocycles. The van der Waals surface area contributed by atoms with Crippen molar-refractivity contribution in [1.82, 2.24) is 9.88 Å². The lowest BCUT2D eigenvalue weighted by Gasteiger charge is -2.24. The number of aromatic nitrogens is 1. The van der Waals surface area contributed by atoms with Gasteiger partial charge >= 0.3 is 5.97 Å². The third kappa shape index (κ3) is 4.41. The van der Waals surface area contributed by atoms with Crippen LogP contribution in [0.2, 0.25) is 0 Å². The number of ether oxygens (including phenoxy) is 1. The monoisotopic (exact) mass is 376 g/mol. The quantitative estimate of drug-likeness (QED) is 0.544. The molecule has 1 aliphatic rings. The van der Waals surface area contributed by atoms with Gasteiger partial charge in [-0.2, -0.15) is 0 Å². The summed E-state index contributed by atoms with van der Waals surface area (Å²) in [4.78, 5) is 30.1. The van der Waals surface area contributed by atoms with E-state index in [1.165, 1.54) is 16.9 Å². The van der Waals surface area contributed by atoms with Gasteiger partial charge in [-0.15, -0.1) is 11.3 Å². The summed E-state index contributed by atoms with van der Waals surface area (Å²) in [5, 5.41) is 1.72. The van der Waals surface area contributed by atoms with E-state index in [1.807, 2.05) is 23.1 Å². The maximum absolute atomic E-state index is 12.2. The van der Waals surface area contributed by atoms with Crippen LogP contribution in [0.5, 0.6) is 0 Å². The SMILES string of the molecule is CCOC(=O)c1csc(SCCN2C(=O)CCC2c2ccccc2)n1. The number of carbonyl (C=O) groups excluding carboxylic acids is 2. The van der Waals surface area contributed by atoms with E-state index in [0.29, 0.717) is 25.3 Å². The van der Waals surface area contributed by atoms with Crippen LogP contribution in [0.1, 0.15) is 41.9 Å². The first-order chi connectivity index (χ1) is 12.2. The minimum atomic E-state index is -0.385. The Morgan fingerprint density at radius 2 is 2.20 bits per heavy atom. The second-order valence-electron chi connectivity index (χ2n) is 5.62. The number of benzene rings is 1. The fourth-order valence-electron chi connectivity index (χ4n) is 2.89. The van der Waals surface area contributed by atoms with Crippen LogP contribution in [0, 0.1) is 0 Å². The molecule has 7 heteroatoms. The van der Waals surface area contributed by atoms with Gasteiger partial charge in [0.1, 0.15) is 0 Å². The first-order valence-corrected chi connectivity index (χ1v) is 10.2. The minimum absolute atomic E-state index is 0.167. The number of amides is 1. The van der Waals surface area contributed by atoms with Crippen LogP contribution in [0.4, 0.5) is 0 Å². The molecule has 0 N–H and O–H groups in total. The summed E-state index contributed by atoms with van der Waals surface area (Å²) in [7, 11) is 0. The average Bonchev–Trinajstić information content (AvgIpc) is 3.24. The van der Waals surface area contributed by atoms with Crippen LogP contribution in [0.15, 0.2) is 40.1 Å². The van der Waals surface area contributed by atoms with Crippen molar-refractivity contribution < 1.29 is 14.3 Å². The van der Waals surface area contributed by atoms with Crippen molar-refractivity contribution in [3.63, 3.8) is 0 Å². The summed E-state index contributed by atoms with van der Waals surface area (Å²) in [6.07, 6.45) is 1.48. The van der Waals surface area contributed by atoms with Gasteiger partial charge in [0, 0.05) is 24.1 Å². The number of likely N-dealkylation sites (tertiary alicyclic amines) is 1. The number of carbonyl (C=O) groups is 2. The van der Waals surface area contributed by atoms with E-state index >= 15 is 0 Å². The lowest BCUT2D eigenvalue weighted by molar-refractivity contribution is -0.128. The second-order valence-corrected chi connectivity index (χ2v) is 7.82. The maximum atomic E-state index is 12.2. The molecule has 25 heavy (non-hydrogen) atoms. The molecule has 1 atom stereocenters. The highest BCUT2D eigenvalue weighted by Crippen LogP contribution is 2.33. The standard InChI is InChI=1S/C18H20N2O3S2/c1-2-23-17(22)14-12-25-18(19-14)24-11-10-20-15(8-9-16(20)21)13-6-4-3-5-7-13/h3-7,12,15H,2,8-11H2,1H3. The summed E-state index contributed by atoms with van der Waals surface area (Å²) >= 11 is 3.00. The van der Waals surface area contributed by atoms with Gasteiger partial charge in [0.25, 0.3) is 0 Å². The van der Waals surface area contributed by atoms with Gasteiger partial charge in [-0.1, -0.05) is 42.1 Å². The number of thioether (sulfide) groups is 1. The molecule has 132 valence electrons. The Kier molecular flexibility index (Phi) is 6.09. The smallest absolute Gasteiger partial charge is 0.357 e. The largest absolute Gasteiger partial charge is 0.461 e. The van der Waals surface area contributed by atoms with Crippen LogP contribution in [-0.4, -0.2) is 40.7 Å². The second kappa shape index (κ2) is 8.49. The van der Waals surface area contributed by atoms with Crippen LogP contribution >= 0.6 is 23.1 Å². The Morgan fingerprint density at radius 3 is 2.96 bits per heavy atom. The molecule has 0 saturated carbocycles. The highest BCUT2D eigenvalue weighted by atomic mass is 32.2. The number of nitrogens with zero attached hydrogens (tertiary/aromatic N) is 2. The summed E-state index contributed by atoms with van der Waals surface area (Å²) in [5.41, 5.74) is 1.55. The van der Waals surface area contributed by atoms with Gasteiger partial charge < -0.3 is 9.64 Å². The van der Waals surface area contributed by atoms with E-state index < -0.39 is 0 Å². The number of rotatable bonds is 7. The fraction of sp³-hybridized carbons (Fsp3) is 0.389. The van der Waals surface area contributed by atoms with Crippen molar-refractivity contribution in [1.29, 1.82) is 0 Å². The average molecular weight is 377 g/mol. The van der Waals surface area contributed by atoms with Crippen LogP contribution in [0.25, 0.3) is 0 Å². The van der Waals surface area contributed by atoms with Gasteiger partial charge in [0.2, 0.25) is 5.91 Å². The Bertz CT molecular complexity index is 733. The third-order valence-electron chi connectivity index (χ3n) is 4.04. The number of esters is 1. The zero-order valence-electron chi connectivity index (χ0n) is 14.0. The zero-order valence-corrected chi connectivity index (χ0v) is 15.6. The van der Waals surface area contributed by atoms with Crippen molar-refractivity contribution in [3.8, 4) is 0 Å². The summed E-state index contributed by atoms with van der Waals surface area (Å²) in [6, 6.07) is 10.3. The molecule has 1 aromatic carbocycles. The normalized spacial score (nSPS) is 17.1. The fourth-order valence-corrected chi connectivity index (χ4v) is 4.69. The molecule has 1 saturated heterocycles. The molecule has 3 rings (SSSR count). The van der Waals surface area contributed by atoms with E-state index in [1.54, 1.807) is 24.1 Å². The van der Waals surface area contributed by atoms with Crippen molar-refractivity contribution in [2.45, 2.75) is 30.1 Å². The van der Waals surface area contributed by atoms with E-state index in [0.717, 1.165) is 16.5 Å². The van der Waals surface area contributed by atoms with Gasteiger partial charge in [-0.05, 0) is 18.9 Å². The van der Waals surface area contributed by atoms with Crippen LogP contribution < -0.4 is 0 Å². The molecule has 5 nitrogen and oxygen atoms in total. The van der Waals surface area contributed by atoms with Gasteiger partial charge in [-0.3, -0.25) is 4.79 Å². The van der Waals surface area contributed by atoms with Gasteiger partial charge in [-0.25, -0.2) is 9.78 Å². The number of thiazole rings is 1. The number of hydrogen-bond donors (Lipinski definition) is 0. The highest BCUT2D eigenvalue weighted by molar-refractivity contribution is 8.01. The van der Waals surface area contributed by atoms with Crippen molar-refractivity contribution in [2.75, 3.05) is 18.9 Å². The van der Waals surface area contributed by atoms with Crippen molar-refractivity contribution in [2.24, 2.45) is 0 Å². The van der Waals surface area contributed by atoms with E-state index in [-0.39, 0.29) is 17.9 Å². The third-order valence-corrected chi connectivity index (χ3v) is 6.04. The predicted molar refractivity (Wildman–Crippen MR) is 98.9 cm³/mol. The Balaban J connectivity index is 1.55. The molecule has 1 aromatic heterocycles. The van der Waals surface area contributed by atoms with E-state index in [2.05, 4.69) is 17.1 Å². The molecular weight excluding hydrogens is 356 g/mol. The molecule has 2 heterocycles. The van der Waals surface area contributed by atoms with Gasteiger partial charge in [0.05, 0.1) is 12.6 Å². The molecule has 2 aromatic rings. The predicted octanol–water partition coefficient (Wildman–Crippen LogP) is 3.78. The Labute approximate surface area is 155 Å². The first-order valence-electron chi connectivity index (χ1n) is 8.29. The first kappa shape index (κ1) is 17.9. The zero-order chi connectivity index (χ0) is 17.6. The van der Waals surface area contributed by atoms with E-state index in [9.17, 15) is 9.59 Å². The molecule has 1 unspecified atom stereocenters. The van der Waals surface area contributed by atoms with Crippen molar-refractivity contribution in [3.05, 3.63) is 47.0 Å². The maximum Gasteiger partial charge on any atom is 0.357 e. The lowest BCUT2D eigenvalue weighted by atomic mass is 10.1. The number of hydrogen-bond acceptors (Lipinski definition) is 6. The van der Waals surface area contributed by atoms with E-state index in [4.69, 9.17) is 4.74 Å². The van der Waals surface area contributed by atoms with Crippen LogP contribution in [-0.2, 0) is 9.53 Å². The lowest BCUT2D eigenvalue weighted by Crippen LogP contribution is -2.29. The molecule has 0 bridgehead atoms. The van der Waals surface area contributed by atoms with Crippen molar-refractivity contribution >= 4 is 35.0 Å². The molecule has 0 radical (unpaired) electrons. The molecule has 1 fully saturated rings. The molecular formula is C18H20N2O3S2. The topological polar surface area (TPSA) is 59.5 Å². The Hall–Kier alpha value is -1.86. The summed E-state index contributed by atoms with van der Waals surface area (Å²) < 4.78 is 5.77. The van der Waals surface area contributed by atoms with Gasteiger partial charge in [0.15, 0.2) is 10.0 Å². The highest BCUT2D eigenvalue weighted by Gasteiger charge is 2.31.